The summed E-state index contributed by atoms with van der Waals surface area (Å²) in [7, 11) is 0. The molecule has 2 aromatic rings. The molecule has 2 fully saturated rings. The van der Waals surface area contributed by atoms with Crippen molar-refractivity contribution in [2.75, 3.05) is 38.2 Å². The van der Waals surface area contributed by atoms with Gasteiger partial charge in [-0.2, -0.15) is 0 Å². The van der Waals surface area contributed by atoms with E-state index < -0.39 is 17.3 Å². The maximum atomic E-state index is 13.4. The molecular formula is C27H34FN3O5S. The Morgan fingerprint density at radius 3 is 2.62 bits per heavy atom. The molecular weight excluding hydrogens is 497 g/mol. The third-order valence-corrected chi connectivity index (χ3v) is 9.97. The first-order valence-corrected chi connectivity index (χ1v) is 13.7. The Labute approximate surface area is 219 Å². The SMILES string of the molecule is C[C@]1(CO)[C@H]2Cc3sc(NC(=O)c4ccc(F)cc4)nc3[C@@H](CC(=O)N3CCOCC3)[C@]2(C)CC[C@H]1O. The number of carbonyl (C=O) groups excluding carboxylic acids is 2. The number of aromatic nitrogens is 1. The maximum absolute atomic E-state index is 13.4. The standard InChI is InChI=1S/C27H34FN3O5S/c1-26-8-7-21(33)27(2,15-32)20(26)14-19-23(18(26)13-22(34)31-9-11-36-12-10-31)29-25(37-19)30-24(35)16-3-5-17(28)6-4-16/h3-6,18,20-21,32-33H,7-15H2,1-2H3,(H,29,30,35)/t18-,20+,21-,26+,27+/m1/s1. The number of carbonyl (C=O) groups is 2. The zero-order valence-electron chi connectivity index (χ0n) is 21.2. The molecule has 0 spiro atoms. The van der Waals surface area contributed by atoms with Gasteiger partial charge < -0.3 is 19.8 Å². The first-order chi connectivity index (χ1) is 17.7. The lowest BCUT2D eigenvalue weighted by molar-refractivity contribution is -0.149. The monoisotopic (exact) mass is 531 g/mol. The quantitative estimate of drug-likeness (QED) is 0.546. The lowest BCUT2D eigenvalue weighted by atomic mass is 9.47. The molecule has 8 nitrogen and oxygen atoms in total. The van der Waals surface area contributed by atoms with E-state index in [0.717, 1.165) is 10.6 Å². The van der Waals surface area contributed by atoms with Gasteiger partial charge in [0, 0.05) is 41.3 Å². The minimum absolute atomic E-state index is 0.0443. The lowest BCUT2D eigenvalue weighted by Crippen LogP contribution is -2.58. The fourth-order valence-corrected chi connectivity index (χ4v) is 7.65. The fraction of sp³-hybridized carbons (Fsp3) is 0.593. The van der Waals surface area contributed by atoms with Gasteiger partial charge in [-0.3, -0.25) is 14.9 Å². The average molecular weight is 532 g/mol. The van der Waals surface area contributed by atoms with Crippen molar-refractivity contribution in [1.29, 1.82) is 0 Å². The number of nitrogens with zero attached hydrogens (tertiary/aromatic N) is 2. The van der Waals surface area contributed by atoms with Crippen LogP contribution in [0.2, 0.25) is 0 Å². The third kappa shape index (κ3) is 4.69. The maximum Gasteiger partial charge on any atom is 0.257 e. The smallest absolute Gasteiger partial charge is 0.257 e. The lowest BCUT2D eigenvalue weighted by Gasteiger charge is -2.58. The van der Waals surface area contributed by atoms with Crippen LogP contribution in [-0.4, -0.2) is 70.9 Å². The highest BCUT2D eigenvalue weighted by Gasteiger charge is 2.59. The van der Waals surface area contributed by atoms with Crippen molar-refractivity contribution in [3.05, 3.63) is 46.2 Å². The second-order valence-corrected chi connectivity index (χ2v) is 12.1. The Morgan fingerprint density at radius 1 is 1.24 bits per heavy atom. The van der Waals surface area contributed by atoms with Gasteiger partial charge in [0.1, 0.15) is 5.82 Å². The normalized spacial score (nSPS) is 31.4. The van der Waals surface area contributed by atoms with E-state index in [0.29, 0.717) is 56.3 Å². The zero-order valence-corrected chi connectivity index (χ0v) is 22.0. The Bertz CT molecular complexity index is 1170. The molecule has 3 N–H and O–H groups in total. The molecule has 2 amide bonds. The van der Waals surface area contributed by atoms with Gasteiger partial charge in [0.25, 0.3) is 5.91 Å². The number of aliphatic hydroxyl groups excluding tert-OH is 2. The van der Waals surface area contributed by atoms with Gasteiger partial charge in [-0.15, -0.1) is 11.3 Å². The molecule has 0 unspecified atom stereocenters. The Balaban J connectivity index is 1.49. The van der Waals surface area contributed by atoms with Crippen molar-refractivity contribution in [2.24, 2.45) is 16.7 Å². The predicted molar refractivity (Wildman–Crippen MR) is 137 cm³/mol. The number of amides is 2. The predicted octanol–water partition coefficient (Wildman–Crippen LogP) is 3.20. The number of fused-ring (bicyclic) bond motifs is 2. The Hall–Kier alpha value is -2.40. The van der Waals surface area contributed by atoms with Gasteiger partial charge >= 0.3 is 0 Å². The number of ether oxygens (including phenoxy) is 1. The molecule has 1 saturated heterocycles. The molecule has 2 heterocycles. The number of halogens is 1. The second-order valence-electron chi connectivity index (χ2n) is 11.0. The summed E-state index contributed by atoms with van der Waals surface area (Å²) in [6, 6.07) is 5.32. The number of nitrogens with one attached hydrogen (secondary N) is 1. The van der Waals surface area contributed by atoms with E-state index in [9.17, 15) is 24.2 Å². The van der Waals surface area contributed by atoms with Crippen molar-refractivity contribution in [3.63, 3.8) is 0 Å². The molecule has 1 aromatic carbocycles. The summed E-state index contributed by atoms with van der Waals surface area (Å²) in [5, 5.41) is 24.6. The van der Waals surface area contributed by atoms with Crippen LogP contribution in [-0.2, 0) is 16.0 Å². The second kappa shape index (κ2) is 10.1. The largest absolute Gasteiger partial charge is 0.396 e. The first kappa shape index (κ1) is 26.2. The number of morpholine rings is 1. The van der Waals surface area contributed by atoms with E-state index in [4.69, 9.17) is 9.72 Å². The molecule has 1 saturated carbocycles. The molecule has 0 bridgehead atoms. The number of hydrogen-bond acceptors (Lipinski definition) is 7. The highest BCUT2D eigenvalue weighted by molar-refractivity contribution is 7.15. The van der Waals surface area contributed by atoms with Crippen molar-refractivity contribution < 1.29 is 28.9 Å². The number of benzene rings is 1. The fourth-order valence-electron chi connectivity index (χ4n) is 6.59. The highest BCUT2D eigenvalue weighted by Crippen LogP contribution is 2.63. The minimum atomic E-state index is -0.716. The summed E-state index contributed by atoms with van der Waals surface area (Å²) in [5.74, 6) is -1.04. The number of aliphatic hydroxyl groups is 2. The van der Waals surface area contributed by atoms with Crippen molar-refractivity contribution >= 4 is 28.3 Å². The minimum Gasteiger partial charge on any atom is -0.396 e. The van der Waals surface area contributed by atoms with Gasteiger partial charge in [-0.25, -0.2) is 9.37 Å². The van der Waals surface area contributed by atoms with Crippen LogP contribution >= 0.6 is 11.3 Å². The Kier molecular flexibility index (Phi) is 7.12. The molecule has 37 heavy (non-hydrogen) atoms. The van der Waals surface area contributed by atoms with Crippen LogP contribution in [0, 0.1) is 22.6 Å². The topological polar surface area (TPSA) is 112 Å². The number of anilines is 1. The average Bonchev–Trinajstić information content (AvgIpc) is 3.30. The van der Waals surface area contributed by atoms with E-state index in [-0.39, 0.29) is 42.1 Å². The van der Waals surface area contributed by atoms with E-state index in [1.807, 2.05) is 11.8 Å². The van der Waals surface area contributed by atoms with Crippen LogP contribution < -0.4 is 5.32 Å². The molecule has 3 aliphatic rings. The molecule has 200 valence electrons. The van der Waals surface area contributed by atoms with E-state index in [2.05, 4.69) is 12.2 Å². The van der Waals surface area contributed by atoms with Gasteiger partial charge in [-0.1, -0.05) is 13.8 Å². The van der Waals surface area contributed by atoms with Crippen molar-refractivity contribution in [2.45, 2.75) is 51.6 Å². The van der Waals surface area contributed by atoms with Gasteiger partial charge in [-0.05, 0) is 54.9 Å². The summed E-state index contributed by atoms with van der Waals surface area (Å²) in [5.41, 5.74) is 0.0615. The number of hydrogen-bond donors (Lipinski definition) is 3. The van der Waals surface area contributed by atoms with Crippen LogP contribution in [0.5, 0.6) is 0 Å². The van der Waals surface area contributed by atoms with Crippen LogP contribution in [0.4, 0.5) is 9.52 Å². The van der Waals surface area contributed by atoms with Crippen molar-refractivity contribution in [3.8, 4) is 0 Å². The summed E-state index contributed by atoms with van der Waals surface area (Å²) in [6.45, 7) is 6.10. The molecule has 0 radical (unpaired) electrons. The van der Waals surface area contributed by atoms with E-state index >= 15 is 0 Å². The van der Waals surface area contributed by atoms with Gasteiger partial charge in [0.05, 0.1) is 31.6 Å². The van der Waals surface area contributed by atoms with Crippen LogP contribution in [0.1, 0.15) is 60.0 Å². The summed E-state index contributed by atoms with van der Waals surface area (Å²) >= 11 is 1.37. The zero-order chi connectivity index (χ0) is 26.4. The number of thiazole rings is 1. The number of rotatable bonds is 5. The van der Waals surface area contributed by atoms with E-state index in [1.54, 1.807) is 0 Å². The highest BCUT2D eigenvalue weighted by atomic mass is 32.1. The van der Waals surface area contributed by atoms with Gasteiger partial charge in [0.15, 0.2) is 5.13 Å². The van der Waals surface area contributed by atoms with Crippen molar-refractivity contribution in [1.82, 2.24) is 9.88 Å². The summed E-state index contributed by atoms with van der Waals surface area (Å²) in [6.07, 6.45) is 1.49. The molecule has 5 atom stereocenters. The molecule has 5 rings (SSSR count). The third-order valence-electron chi connectivity index (χ3n) is 8.96. The molecule has 1 aromatic heterocycles. The van der Waals surface area contributed by atoms with Gasteiger partial charge in [0.2, 0.25) is 5.91 Å². The van der Waals surface area contributed by atoms with Crippen LogP contribution in [0.25, 0.3) is 0 Å². The van der Waals surface area contributed by atoms with Crippen LogP contribution in [0.3, 0.4) is 0 Å². The first-order valence-electron chi connectivity index (χ1n) is 12.9. The molecule has 10 heteroatoms. The molecule has 1 aliphatic heterocycles. The summed E-state index contributed by atoms with van der Waals surface area (Å²) < 4.78 is 18.7. The van der Waals surface area contributed by atoms with Crippen LogP contribution in [0.15, 0.2) is 24.3 Å². The van der Waals surface area contributed by atoms with E-state index in [1.165, 1.54) is 35.6 Å². The Morgan fingerprint density at radius 2 is 1.95 bits per heavy atom. The molecule has 2 aliphatic carbocycles. The summed E-state index contributed by atoms with van der Waals surface area (Å²) in [4.78, 5) is 33.9.